The van der Waals surface area contributed by atoms with Crippen LogP contribution in [0.15, 0.2) is 49.2 Å². The molecule has 3 heterocycles. The number of amides is 2. The zero-order valence-electron chi connectivity index (χ0n) is 16.8. The van der Waals surface area contributed by atoms with Gasteiger partial charge in [-0.05, 0) is 30.3 Å². The fourth-order valence-electron chi connectivity index (χ4n) is 4.39. The minimum absolute atomic E-state index is 0.00153. The number of phenolic OH excluding ortho intramolecular Hbond substituents is 1. The van der Waals surface area contributed by atoms with Crippen LogP contribution in [0, 0.1) is 5.82 Å². The Labute approximate surface area is 187 Å². The summed E-state index contributed by atoms with van der Waals surface area (Å²) in [5, 5.41) is 14.0. The summed E-state index contributed by atoms with van der Waals surface area (Å²) in [7, 11) is 0. The maximum absolute atomic E-state index is 14.5. The molecular formula is C23H18ClFN4O3. The summed E-state index contributed by atoms with van der Waals surface area (Å²) in [6.45, 7) is 4.63. The molecule has 162 valence electrons. The lowest BCUT2D eigenvalue weighted by molar-refractivity contribution is -0.128. The highest BCUT2D eigenvalue weighted by Gasteiger charge is 2.39. The van der Waals surface area contributed by atoms with E-state index in [-0.39, 0.29) is 34.7 Å². The van der Waals surface area contributed by atoms with E-state index >= 15 is 0 Å². The summed E-state index contributed by atoms with van der Waals surface area (Å²) in [4.78, 5) is 32.7. The molecule has 2 aromatic carbocycles. The number of piperazine rings is 1. The number of phenols is 1. The largest absolute Gasteiger partial charge is 0.507 e. The topological polar surface area (TPSA) is 85.8 Å². The van der Waals surface area contributed by atoms with Crippen molar-refractivity contribution in [3.05, 3.63) is 60.0 Å². The summed E-state index contributed by atoms with van der Waals surface area (Å²) < 4.78 is 14.5. The Kier molecular flexibility index (Phi) is 4.74. The number of aromatic nitrogens is 1. The third-order valence-electron chi connectivity index (χ3n) is 5.90. The fraction of sp³-hybridized carbons (Fsp3) is 0.174. The van der Waals surface area contributed by atoms with E-state index in [9.17, 15) is 19.1 Å². The number of anilines is 2. The first-order valence-corrected chi connectivity index (χ1v) is 10.4. The van der Waals surface area contributed by atoms with Gasteiger partial charge in [0.05, 0.1) is 35.2 Å². The molecule has 2 amide bonds. The molecule has 2 aliphatic heterocycles. The van der Waals surface area contributed by atoms with E-state index in [4.69, 9.17) is 11.6 Å². The number of benzene rings is 2. The van der Waals surface area contributed by atoms with Gasteiger partial charge in [0.25, 0.3) is 0 Å². The Morgan fingerprint density at radius 1 is 1.34 bits per heavy atom. The minimum atomic E-state index is -0.598. The number of hydrogen-bond donors (Lipinski definition) is 2. The van der Waals surface area contributed by atoms with Gasteiger partial charge in [0.15, 0.2) is 0 Å². The van der Waals surface area contributed by atoms with Crippen molar-refractivity contribution in [2.24, 2.45) is 0 Å². The van der Waals surface area contributed by atoms with Crippen LogP contribution in [-0.4, -0.2) is 52.5 Å². The van der Waals surface area contributed by atoms with Crippen LogP contribution in [0.3, 0.4) is 0 Å². The molecule has 1 fully saturated rings. The molecule has 0 radical (unpaired) electrons. The molecule has 9 heteroatoms. The smallest absolute Gasteiger partial charge is 0.249 e. The van der Waals surface area contributed by atoms with E-state index in [1.54, 1.807) is 23.2 Å². The van der Waals surface area contributed by atoms with Gasteiger partial charge in [-0.15, -0.1) is 0 Å². The summed E-state index contributed by atoms with van der Waals surface area (Å²) >= 11 is 6.54. The van der Waals surface area contributed by atoms with Crippen LogP contribution < -0.4 is 10.2 Å². The van der Waals surface area contributed by atoms with Crippen LogP contribution in [-0.2, 0) is 9.59 Å². The first-order chi connectivity index (χ1) is 15.4. The highest BCUT2D eigenvalue weighted by atomic mass is 35.5. The lowest BCUT2D eigenvalue weighted by Crippen LogP contribution is -2.60. The second-order valence-electron chi connectivity index (χ2n) is 7.69. The number of fused-ring (bicyclic) bond motifs is 5. The van der Waals surface area contributed by atoms with Gasteiger partial charge >= 0.3 is 0 Å². The molecule has 1 unspecified atom stereocenters. The maximum Gasteiger partial charge on any atom is 0.249 e. The predicted molar refractivity (Wildman–Crippen MR) is 120 cm³/mol. The van der Waals surface area contributed by atoms with Crippen molar-refractivity contribution in [1.82, 2.24) is 9.88 Å². The van der Waals surface area contributed by atoms with E-state index < -0.39 is 11.9 Å². The van der Waals surface area contributed by atoms with Crippen LogP contribution in [0.2, 0.25) is 5.02 Å². The first kappa shape index (κ1) is 20.3. The third kappa shape index (κ3) is 3.06. The van der Waals surface area contributed by atoms with Crippen LogP contribution in [0.1, 0.15) is 0 Å². The molecule has 32 heavy (non-hydrogen) atoms. The second kappa shape index (κ2) is 7.49. The normalized spacial score (nSPS) is 17.6. The quantitative estimate of drug-likeness (QED) is 0.581. The predicted octanol–water partition coefficient (Wildman–Crippen LogP) is 3.56. The molecule has 0 aliphatic carbocycles. The van der Waals surface area contributed by atoms with Gasteiger partial charge in [0, 0.05) is 29.1 Å². The second-order valence-corrected chi connectivity index (χ2v) is 8.10. The monoisotopic (exact) mass is 452 g/mol. The van der Waals surface area contributed by atoms with E-state index in [1.165, 1.54) is 24.3 Å². The zero-order valence-corrected chi connectivity index (χ0v) is 17.6. The van der Waals surface area contributed by atoms with Crippen molar-refractivity contribution >= 4 is 45.7 Å². The Morgan fingerprint density at radius 3 is 2.91 bits per heavy atom. The third-order valence-corrected chi connectivity index (χ3v) is 6.22. The summed E-state index contributed by atoms with van der Waals surface area (Å²) in [5.74, 6) is -1.27. The number of pyridine rings is 1. The number of aromatic hydroxyl groups is 1. The lowest BCUT2D eigenvalue weighted by atomic mass is 9.98. The van der Waals surface area contributed by atoms with Gasteiger partial charge < -0.3 is 20.2 Å². The zero-order chi connectivity index (χ0) is 22.6. The van der Waals surface area contributed by atoms with Gasteiger partial charge in [-0.1, -0.05) is 24.2 Å². The van der Waals surface area contributed by atoms with Crippen molar-refractivity contribution < 1.29 is 19.1 Å². The van der Waals surface area contributed by atoms with E-state index in [1.807, 2.05) is 4.90 Å². The molecule has 1 aromatic heterocycles. The van der Waals surface area contributed by atoms with E-state index in [0.717, 1.165) is 5.69 Å². The molecule has 7 nitrogen and oxygen atoms in total. The highest BCUT2D eigenvalue weighted by molar-refractivity contribution is 6.34. The number of carbonyl (C=O) groups is 2. The molecule has 3 aromatic rings. The molecular weight excluding hydrogens is 435 g/mol. The van der Waals surface area contributed by atoms with Crippen LogP contribution in [0.5, 0.6) is 5.75 Å². The molecule has 2 N–H and O–H groups in total. The average Bonchev–Trinajstić information content (AvgIpc) is 2.78. The van der Waals surface area contributed by atoms with Crippen molar-refractivity contribution in [3.8, 4) is 16.9 Å². The van der Waals surface area contributed by atoms with Gasteiger partial charge in [-0.3, -0.25) is 14.6 Å². The summed E-state index contributed by atoms with van der Waals surface area (Å²) in [6, 6.07) is 6.78. The number of rotatable bonds is 2. The van der Waals surface area contributed by atoms with E-state index in [2.05, 4.69) is 16.9 Å². The molecule has 1 saturated heterocycles. The number of nitrogens with zero attached hydrogens (tertiary/aromatic N) is 3. The molecule has 2 aliphatic rings. The maximum atomic E-state index is 14.5. The summed E-state index contributed by atoms with van der Waals surface area (Å²) in [5.41, 5.74) is 2.14. The van der Waals surface area contributed by atoms with Crippen molar-refractivity contribution in [2.75, 3.05) is 29.9 Å². The Balaban J connectivity index is 1.64. The standard InChI is InChI=1S/C23H18ClFN4O3/c1-2-20(31)28-6-7-29-18(11-28)23(32)27-17-10-26-16-9-12(14(24)8-13(16)22(17)29)21-15(25)4-3-5-19(21)30/h2-5,8-10,18,30H,1,6-7,11H2,(H,27,32). The SMILES string of the molecule is C=CC(=O)N1CCN2c3c(cnc4cc(-c5c(O)cccc5F)c(Cl)cc34)NC(=O)C2C1. The summed E-state index contributed by atoms with van der Waals surface area (Å²) in [6.07, 6.45) is 2.79. The van der Waals surface area contributed by atoms with E-state index in [0.29, 0.717) is 35.2 Å². The number of hydrogen-bond acceptors (Lipinski definition) is 5. The van der Waals surface area contributed by atoms with Crippen LogP contribution in [0.25, 0.3) is 22.0 Å². The van der Waals surface area contributed by atoms with Crippen LogP contribution >= 0.6 is 11.6 Å². The fourth-order valence-corrected chi connectivity index (χ4v) is 4.65. The van der Waals surface area contributed by atoms with Crippen LogP contribution in [0.4, 0.5) is 15.8 Å². The first-order valence-electron chi connectivity index (χ1n) is 9.98. The van der Waals surface area contributed by atoms with Gasteiger partial charge in [-0.2, -0.15) is 0 Å². The Bertz CT molecular complexity index is 1290. The van der Waals surface area contributed by atoms with Crippen molar-refractivity contribution in [2.45, 2.75) is 6.04 Å². The minimum Gasteiger partial charge on any atom is -0.507 e. The molecule has 0 bridgehead atoms. The molecule has 0 saturated carbocycles. The number of carbonyl (C=O) groups excluding carboxylic acids is 2. The Morgan fingerprint density at radius 2 is 2.16 bits per heavy atom. The average molecular weight is 453 g/mol. The lowest BCUT2D eigenvalue weighted by Gasteiger charge is -2.45. The highest BCUT2D eigenvalue weighted by Crippen LogP contribution is 2.43. The van der Waals surface area contributed by atoms with Gasteiger partial charge in [0.2, 0.25) is 11.8 Å². The molecule has 0 spiro atoms. The number of nitrogens with one attached hydrogen (secondary N) is 1. The number of halogens is 2. The van der Waals surface area contributed by atoms with Crippen molar-refractivity contribution in [1.29, 1.82) is 0 Å². The Hall–Kier alpha value is -3.65. The van der Waals surface area contributed by atoms with Gasteiger partial charge in [0.1, 0.15) is 17.6 Å². The van der Waals surface area contributed by atoms with Crippen molar-refractivity contribution in [3.63, 3.8) is 0 Å². The van der Waals surface area contributed by atoms with Gasteiger partial charge in [-0.25, -0.2) is 4.39 Å². The molecule has 1 atom stereocenters. The molecule has 5 rings (SSSR count).